The normalized spacial score (nSPS) is 14.6. The number of nitrogens with zero attached hydrogens (tertiary/aromatic N) is 3. The van der Waals surface area contributed by atoms with Gasteiger partial charge < -0.3 is 5.73 Å². The molecule has 36 heavy (non-hydrogen) atoms. The van der Waals surface area contributed by atoms with Crippen LogP contribution in [-0.2, 0) is 28.1 Å². The van der Waals surface area contributed by atoms with Gasteiger partial charge >= 0.3 is 10.5 Å². The highest BCUT2D eigenvalue weighted by molar-refractivity contribution is 7.61. The monoisotopic (exact) mass is 505 g/mol. The van der Waals surface area contributed by atoms with Crippen LogP contribution in [0.3, 0.4) is 0 Å². The number of nitro benzene ring substituents is 1. The van der Waals surface area contributed by atoms with E-state index in [-0.39, 0.29) is 29.9 Å². The van der Waals surface area contributed by atoms with Crippen molar-refractivity contribution in [3.63, 3.8) is 0 Å². The van der Waals surface area contributed by atoms with Gasteiger partial charge in [-0.25, -0.2) is 0 Å². The number of nitro groups is 1. The molecule has 1 atom stereocenters. The van der Waals surface area contributed by atoms with E-state index in [2.05, 4.69) is 4.36 Å². The number of hydrogen-bond acceptors (Lipinski definition) is 7. The number of hydrogen-bond donors (Lipinski definition) is 2. The maximum Gasteiger partial charge on any atom is 0.313 e. The Kier molecular flexibility index (Phi) is 7.20. The number of carbonyl (C=O) groups excluding carboxylic acids is 1. The van der Waals surface area contributed by atoms with Gasteiger partial charge in [-0.1, -0.05) is 48.5 Å². The van der Waals surface area contributed by atoms with Crippen LogP contribution in [0.2, 0.25) is 0 Å². The minimum atomic E-state index is -2.71. The van der Waals surface area contributed by atoms with Gasteiger partial charge in [0.15, 0.2) is 0 Å². The van der Waals surface area contributed by atoms with Crippen molar-refractivity contribution in [2.75, 3.05) is 4.90 Å². The Balaban J connectivity index is 1.64. The van der Waals surface area contributed by atoms with Crippen molar-refractivity contribution < 1.29 is 18.1 Å². The van der Waals surface area contributed by atoms with Crippen LogP contribution in [0.5, 0.6) is 0 Å². The minimum absolute atomic E-state index is 0.0500. The highest BCUT2D eigenvalue weighted by Gasteiger charge is 2.32. The molecule has 1 amide bonds. The van der Waals surface area contributed by atoms with E-state index < -0.39 is 27.5 Å². The van der Waals surface area contributed by atoms with Gasteiger partial charge in [0.2, 0.25) is 5.91 Å². The van der Waals surface area contributed by atoms with Crippen molar-refractivity contribution in [1.29, 1.82) is 5.41 Å². The standard InChI is InChI=1S/C25H23N5O5S/c26-25(27)20-7-6-17(22(15-20)30(32)33)10-13-24(31)29-21-11-8-18(16-4-2-1-3-5-16)14-19(21)9-12-23(29)28-36(34)35/h1-8,11,14-15,23H,9-10,12-13H2,(H3,26,27). The summed E-state index contributed by atoms with van der Waals surface area (Å²) >= 11 is 0. The van der Waals surface area contributed by atoms with E-state index in [0.717, 1.165) is 16.7 Å². The predicted octanol–water partition coefficient (Wildman–Crippen LogP) is 3.85. The Morgan fingerprint density at radius 3 is 2.53 bits per heavy atom. The van der Waals surface area contributed by atoms with Crippen molar-refractivity contribution in [2.24, 2.45) is 10.1 Å². The molecule has 10 nitrogen and oxygen atoms in total. The van der Waals surface area contributed by atoms with Crippen LogP contribution >= 0.6 is 0 Å². The lowest BCUT2D eigenvalue weighted by atomic mass is 9.94. The molecule has 0 fully saturated rings. The molecule has 3 aromatic carbocycles. The smallest absolute Gasteiger partial charge is 0.313 e. The van der Waals surface area contributed by atoms with Gasteiger partial charge in [0.05, 0.1) is 4.92 Å². The summed E-state index contributed by atoms with van der Waals surface area (Å²) < 4.78 is 26.5. The summed E-state index contributed by atoms with van der Waals surface area (Å²) in [6, 6.07) is 19.6. The maximum atomic E-state index is 13.4. The second-order valence-corrected chi connectivity index (χ2v) is 8.97. The summed E-state index contributed by atoms with van der Waals surface area (Å²) in [5.41, 5.74) is 9.20. The number of fused-ring (bicyclic) bond motifs is 1. The van der Waals surface area contributed by atoms with E-state index >= 15 is 0 Å². The van der Waals surface area contributed by atoms with E-state index in [1.807, 2.05) is 42.5 Å². The van der Waals surface area contributed by atoms with E-state index in [0.29, 0.717) is 24.1 Å². The lowest BCUT2D eigenvalue weighted by Gasteiger charge is -2.34. The van der Waals surface area contributed by atoms with Gasteiger partial charge in [0.25, 0.3) is 5.69 Å². The second kappa shape index (κ2) is 10.5. The summed E-state index contributed by atoms with van der Waals surface area (Å²) in [5, 5.41) is 19.0. The average Bonchev–Trinajstić information content (AvgIpc) is 2.86. The second-order valence-electron chi connectivity index (χ2n) is 8.33. The van der Waals surface area contributed by atoms with E-state index in [4.69, 9.17) is 11.1 Å². The van der Waals surface area contributed by atoms with Crippen molar-refractivity contribution in [3.8, 4) is 11.1 Å². The first kappa shape index (κ1) is 24.7. The third-order valence-electron chi connectivity index (χ3n) is 6.09. The molecule has 1 aliphatic rings. The number of amidine groups is 1. The number of nitrogens with two attached hydrogens (primary N) is 1. The SMILES string of the molecule is N=C(N)c1ccc(CCC(=O)N2c3ccc(-c4ccccc4)cc3CCC2N=S(=O)=O)c([N+](=O)[O-])c1. The number of rotatable bonds is 7. The average molecular weight is 506 g/mol. The van der Waals surface area contributed by atoms with Gasteiger partial charge in [0, 0.05) is 29.3 Å². The topological polar surface area (TPSA) is 160 Å². The van der Waals surface area contributed by atoms with Crippen LogP contribution in [0.1, 0.15) is 29.5 Å². The molecule has 1 unspecified atom stereocenters. The highest BCUT2D eigenvalue weighted by Crippen LogP contribution is 2.35. The Labute approximate surface area is 208 Å². The lowest BCUT2D eigenvalue weighted by Crippen LogP contribution is -2.43. The summed E-state index contributed by atoms with van der Waals surface area (Å²) in [7, 11) is -2.71. The first-order chi connectivity index (χ1) is 17.2. The third kappa shape index (κ3) is 5.31. The summed E-state index contributed by atoms with van der Waals surface area (Å²) in [4.78, 5) is 25.7. The zero-order chi connectivity index (χ0) is 25.8. The molecule has 0 spiro atoms. The first-order valence-corrected chi connectivity index (χ1v) is 12.2. The first-order valence-electron chi connectivity index (χ1n) is 11.2. The number of benzene rings is 3. The lowest BCUT2D eigenvalue weighted by molar-refractivity contribution is -0.385. The number of anilines is 1. The van der Waals surface area contributed by atoms with Gasteiger partial charge in [-0.15, -0.1) is 4.36 Å². The Morgan fingerprint density at radius 2 is 1.86 bits per heavy atom. The zero-order valence-electron chi connectivity index (χ0n) is 19.1. The van der Waals surface area contributed by atoms with Gasteiger partial charge in [0.1, 0.15) is 12.0 Å². The van der Waals surface area contributed by atoms with Crippen LogP contribution < -0.4 is 10.6 Å². The summed E-state index contributed by atoms with van der Waals surface area (Å²) in [6.45, 7) is 0. The van der Waals surface area contributed by atoms with Gasteiger partial charge in [-0.2, -0.15) is 8.42 Å². The highest BCUT2D eigenvalue weighted by atomic mass is 32.2. The quantitative estimate of drug-likeness (QED) is 0.215. The number of amides is 1. The fourth-order valence-electron chi connectivity index (χ4n) is 4.38. The summed E-state index contributed by atoms with van der Waals surface area (Å²) in [6.07, 6.45) is -0.0609. The molecule has 0 bridgehead atoms. The van der Waals surface area contributed by atoms with Gasteiger partial charge in [-0.05, 0) is 48.1 Å². The third-order valence-corrected chi connectivity index (χ3v) is 6.51. The van der Waals surface area contributed by atoms with Crippen LogP contribution in [-0.4, -0.2) is 31.2 Å². The Hall–Kier alpha value is -4.38. The zero-order valence-corrected chi connectivity index (χ0v) is 19.9. The molecule has 1 heterocycles. The fourth-order valence-corrected chi connectivity index (χ4v) is 4.78. The van der Waals surface area contributed by atoms with Crippen LogP contribution in [0.25, 0.3) is 11.1 Å². The molecule has 0 aliphatic carbocycles. The van der Waals surface area contributed by atoms with E-state index in [9.17, 15) is 23.3 Å². The largest absolute Gasteiger partial charge is 0.384 e. The molecule has 1 aliphatic heterocycles. The maximum absolute atomic E-state index is 13.4. The molecule has 3 N–H and O–H groups in total. The van der Waals surface area contributed by atoms with Crippen LogP contribution in [0, 0.1) is 15.5 Å². The fraction of sp³-hybridized carbons (Fsp3) is 0.200. The number of carbonyl (C=O) groups is 1. The molecule has 0 saturated carbocycles. The van der Waals surface area contributed by atoms with Crippen LogP contribution in [0.15, 0.2) is 71.1 Å². The van der Waals surface area contributed by atoms with Crippen molar-refractivity contribution in [2.45, 2.75) is 31.8 Å². The Bertz CT molecular complexity index is 1480. The van der Waals surface area contributed by atoms with Crippen molar-refractivity contribution >= 4 is 33.6 Å². The van der Waals surface area contributed by atoms with Crippen molar-refractivity contribution in [1.82, 2.24) is 0 Å². The number of nitrogen functional groups attached to an aromatic ring is 1. The number of aryl methyl sites for hydroxylation is 2. The van der Waals surface area contributed by atoms with Crippen LogP contribution in [0.4, 0.5) is 11.4 Å². The van der Waals surface area contributed by atoms with E-state index in [1.54, 1.807) is 6.07 Å². The van der Waals surface area contributed by atoms with E-state index in [1.165, 1.54) is 23.1 Å². The molecular formula is C25H23N5O5S. The van der Waals surface area contributed by atoms with Crippen molar-refractivity contribution in [3.05, 3.63) is 93.5 Å². The molecule has 184 valence electrons. The molecule has 0 radical (unpaired) electrons. The molecule has 0 saturated heterocycles. The molecule has 4 rings (SSSR count). The molecule has 3 aromatic rings. The molecule has 0 aromatic heterocycles. The van der Waals surface area contributed by atoms with Gasteiger partial charge in [-0.3, -0.25) is 25.2 Å². The number of nitrogens with one attached hydrogen (secondary N) is 1. The molecule has 11 heteroatoms. The molecular weight excluding hydrogens is 482 g/mol. The summed E-state index contributed by atoms with van der Waals surface area (Å²) in [5.74, 6) is -0.692. The Morgan fingerprint density at radius 1 is 1.11 bits per heavy atom. The minimum Gasteiger partial charge on any atom is -0.384 e. The predicted molar refractivity (Wildman–Crippen MR) is 135 cm³/mol.